The Hall–Kier alpha value is -3.32. The summed E-state index contributed by atoms with van der Waals surface area (Å²) in [6, 6.07) is 14.0. The summed E-state index contributed by atoms with van der Waals surface area (Å²) in [5, 5.41) is 15.1. The molecule has 2 heterocycles. The zero-order valence-corrected chi connectivity index (χ0v) is 18.6. The Labute approximate surface area is 188 Å². The van der Waals surface area contributed by atoms with Crippen molar-refractivity contribution in [2.75, 3.05) is 26.7 Å². The fourth-order valence-electron chi connectivity index (χ4n) is 4.02. The molecule has 7 nitrogen and oxygen atoms in total. The molecule has 32 heavy (non-hydrogen) atoms. The Morgan fingerprint density at radius 1 is 1.19 bits per heavy atom. The molecule has 2 aromatic carbocycles. The van der Waals surface area contributed by atoms with Crippen molar-refractivity contribution in [3.8, 4) is 5.75 Å². The first-order valence-corrected chi connectivity index (χ1v) is 10.9. The molecule has 0 spiro atoms. The fourth-order valence-corrected chi connectivity index (χ4v) is 4.02. The summed E-state index contributed by atoms with van der Waals surface area (Å²) >= 11 is 0. The minimum absolute atomic E-state index is 0.0129. The van der Waals surface area contributed by atoms with Gasteiger partial charge in [-0.25, -0.2) is 0 Å². The summed E-state index contributed by atoms with van der Waals surface area (Å²) in [6.45, 7) is 3.80. The van der Waals surface area contributed by atoms with Gasteiger partial charge in [-0.2, -0.15) is 0 Å². The van der Waals surface area contributed by atoms with Gasteiger partial charge in [-0.05, 0) is 73.7 Å². The maximum atomic E-state index is 12.8. The highest BCUT2D eigenvalue weighted by molar-refractivity contribution is 5.95. The minimum Gasteiger partial charge on any atom is -0.497 e. The van der Waals surface area contributed by atoms with Gasteiger partial charge in [0.2, 0.25) is 0 Å². The molecular formula is C25H31N3O4. The second-order valence-corrected chi connectivity index (χ2v) is 7.97. The number of amides is 1. The van der Waals surface area contributed by atoms with E-state index in [9.17, 15) is 4.79 Å². The average molecular weight is 438 g/mol. The number of rotatable bonds is 7. The number of methoxy groups -OCH3 is 1. The van der Waals surface area contributed by atoms with E-state index in [-0.39, 0.29) is 5.91 Å². The van der Waals surface area contributed by atoms with E-state index in [0.29, 0.717) is 12.5 Å². The summed E-state index contributed by atoms with van der Waals surface area (Å²) < 4.78 is 5.33. The number of hydrogen-bond donors (Lipinski definition) is 4. The van der Waals surface area contributed by atoms with Gasteiger partial charge < -0.3 is 25.5 Å². The molecule has 1 amide bonds. The molecule has 1 saturated heterocycles. The summed E-state index contributed by atoms with van der Waals surface area (Å²) in [6.07, 6.45) is 4.92. The number of aromatic nitrogens is 1. The van der Waals surface area contributed by atoms with Gasteiger partial charge in [0.25, 0.3) is 11.9 Å². The number of H-pyrrole nitrogens is 1. The molecule has 4 rings (SSSR count). The molecule has 0 bridgehead atoms. The van der Waals surface area contributed by atoms with Crippen LogP contribution in [0, 0.1) is 5.92 Å². The van der Waals surface area contributed by atoms with Gasteiger partial charge in [0.1, 0.15) is 5.75 Å². The van der Waals surface area contributed by atoms with Gasteiger partial charge in [-0.15, -0.1) is 0 Å². The number of carbonyl (C=O) groups is 2. The number of carboxylic acid groups (broad SMARTS) is 1. The normalized spacial score (nSPS) is 15.1. The van der Waals surface area contributed by atoms with Crippen molar-refractivity contribution >= 4 is 22.8 Å². The van der Waals surface area contributed by atoms with Crippen LogP contribution in [0.15, 0.2) is 48.7 Å². The fraction of sp³-hybridized carbons (Fsp3) is 0.360. The zero-order chi connectivity index (χ0) is 22.9. The average Bonchev–Trinajstić information content (AvgIpc) is 3.43. The number of carboxylic acids is 1. The largest absolute Gasteiger partial charge is 0.497 e. The molecule has 7 heteroatoms. The van der Waals surface area contributed by atoms with E-state index in [1.165, 1.54) is 12.0 Å². The molecule has 0 aliphatic carbocycles. The third kappa shape index (κ3) is 6.34. The van der Waals surface area contributed by atoms with E-state index < -0.39 is 5.97 Å². The number of nitrogens with one attached hydrogen (secondary N) is 3. The van der Waals surface area contributed by atoms with E-state index in [0.717, 1.165) is 60.6 Å². The highest BCUT2D eigenvalue weighted by Gasteiger charge is 2.18. The van der Waals surface area contributed by atoms with E-state index in [2.05, 4.69) is 21.7 Å². The lowest BCUT2D eigenvalue weighted by Gasteiger charge is -2.13. The topological polar surface area (TPSA) is 103 Å². The Morgan fingerprint density at radius 2 is 1.97 bits per heavy atom. The lowest BCUT2D eigenvalue weighted by Crippen LogP contribution is -2.27. The first kappa shape index (κ1) is 23.3. The van der Waals surface area contributed by atoms with Crippen LogP contribution in [-0.2, 0) is 17.6 Å². The highest BCUT2D eigenvalue weighted by atomic mass is 16.5. The summed E-state index contributed by atoms with van der Waals surface area (Å²) in [5.41, 5.74) is 4.21. The Kier molecular flexibility index (Phi) is 8.27. The maximum Gasteiger partial charge on any atom is 0.300 e. The van der Waals surface area contributed by atoms with Crippen LogP contribution in [0.2, 0.25) is 0 Å². The van der Waals surface area contributed by atoms with E-state index >= 15 is 0 Å². The number of aliphatic carboxylic acids is 1. The number of fused-ring (bicyclic) bond motifs is 1. The predicted octanol–water partition coefficient (Wildman–Crippen LogP) is 3.39. The third-order valence-corrected chi connectivity index (χ3v) is 5.59. The maximum absolute atomic E-state index is 12.8. The minimum atomic E-state index is -0.833. The third-order valence-electron chi connectivity index (χ3n) is 5.59. The summed E-state index contributed by atoms with van der Waals surface area (Å²) in [5.74, 6) is 0.641. The molecule has 0 radical (unpaired) electrons. The SMILES string of the molecule is CC(=O)O.COc1ccc2[nH]cc(CCNC(=O)c3ccccc3CC3CCNC3)c2c1. The number of aromatic amines is 1. The molecule has 1 aliphatic heterocycles. The first-order chi connectivity index (χ1) is 15.5. The van der Waals surface area contributed by atoms with Gasteiger partial charge in [-0.1, -0.05) is 18.2 Å². The standard InChI is InChI=1S/C23H27N3O2.C2H4O2/c1-28-19-6-7-22-21(13-19)18(15-26-22)9-11-25-23(27)20-5-3-2-4-17(20)12-16-8-10-24-14-16;1-2(3)4/h2-7,13,15-16,24,26H,8-12,14H2,1H3,(H,25,27);1H3,(H,3,4). The van der Waals surface area contributed by atoms with E-state index in [1.807, 2.05) is 42.6 Å². The highest BCUT2D eigenvalue weighted by Crippen LogP contribution is 2.24. The van der Waals surface area contributed by atoms with Crippen LogP contribution in [0.3, 0.4) is 0 Å². The van der Waals surface area contributed by atoms with Gasteiger partial charge >= 0.3 is 0 Å². The van der Waals surface area contributed by atoms with Crippen LogP contribution in [0.4, 0.5) is 0 Å². The molecule has 1 aromatic heterocycles. The van der Waals surface area contributed by atoms with Gasteiger partial charge in [0.15, 0.2) is 0 Å². The molecule has 1 atom stereocenters. The predicted molar refractivity (Wildman–Crippen MR) is 125 cm³/mol. The van der Waals surface area contributed by atoms with Gasteiger partial charge in [0.05, 0.1) is 7.11 Å². The molecule has 1 fully saturated rings. The van der Waals surface area contributed by atoms with Crippen molar-refractivity contribution in [1.82, 2.24) is 15.6 Å². The Balaban J connectivity index is 0.000000668. The van der Waals surface area contributed by atoms with Crippen LogP contribution in [-0.4, -0.2) is 48.7 Å². The van der Waals surface area contributed by atoms with Crippen LogP contribution in [0.25, 0.3) is 10.9 Å². The van der Waals surface area contributed by atoms with E-state index in [4.69, 9.17) is 14.6 Å². The molecular weight excluding hydrogens is 406 g/mol. The molecule has 3 aromatic rings. The Morgan fingerprint density at radius 3 is 2.69 bits per heavy atom. The second kappa shape index (κ2) is 11.3. The summed E-state index contributed by atoms with van der Waals surface area (Å²) in [7, 11) is 1.67. The van der Waals surface area contributed by atoms with Crippen molar-refractivity contribution in [3.05, 3.63) is 65.4 Å². The Bertz CT molecular complexity index is 1050. The summed E-state index contributed by atoms with van der Waals surface area (Å²) in [4.78, 5) is 25.1. The number of benzene rings is 2. The van der Waals surface area contributed by atoms with Crippen LogP contribution >= 0.6 is 0 Å². The molecule has 0 saturated carbocycles. The second-order valence-electron chi connectivity index (χ2n) is 7.97. The van der Waals surface area contributed by atoms with E-state index in [1.54, 1.807) is 7.11 Å². The molecule has 1 aliphatic rings. The molecule has 1 unspecified atom stereocenters. The number of hydrogen-bond acceptors (Lipinski definition) is 4. The monoisotopic (exact) mass is 437 g/mol. The van der Waals surface area contributed by atoms with Crippen LogP contribution in [0.5, 0.6) is 5.75 Å². The van der Waals surface area contributed by atoms with Gasteiger partial charge in [0, 0.05) is 36.1 Å². The van der Waals surface area contributed by atoms with Crippen LogP contribution in [0.1, 0.15) is 34.8 Å². The lowest BCUT2D eigenvalue weighted by molar-refractivity contribution is -0.134. The van der Waals surface area contributed by atoms with Crippen molar-refractivity contribution in [2.45, 2.75) is 26.2 Å². The molecule has 170 valence electrons. The van der Waals surface area contributed by atoms with Crippen molar-refractivity contribution < 1.29 is 19.4 Å². The number of carbonyl (C=O) groups excluding carboxylic acids is 1. The lowest BCUT2D eigenvalue weighted by atomic mass is 9.94. The van der Waals surface area contributed by atoms with Crippen molar-refractivity contribution in [3.63, 3.8) is 0 Å². The number of ether oxygens (including phenoxy) is 1. The zero-order valence-electron chi connectivity index (χ0n) is 18.6. The first-order valence-electron chi connectivity index (χ1n) is 10.9. The van der Waals surface area contributed by atoms with Crippen LogP contribution < -0.4 is 15.4 Å². The van der Waals surface area contributed by atoms with Crippen molar-refractivity contribution in [2.24, 2.45) is 5.92 Å². The molecule has 4 N–H and O–H groups in total. The van der Waals surface area contributed by atoms with Gasteiger partial charge in [-0.3, -0.25) is 9.59 Å². The smallest absolute Gasteiger partial charge is 0.300 e. The quantitative estimate of drug-likeness (QED) is 0.454. The van der Waals surface area contributed by atoms with Crippen molar-refractivity contribution in [1.29, 1.82) is 0 Å².